The summed E-state index contributed by atoms with van der Waals surface area (Å²) in [6.45, 7) is 3.13. The highest BCUT2D eigenvalue weighted by atomic mass is 79.9. The molecular weight excluding hydrogens is 326 g/mol. The van der Waals surface area contributed by atoms with E-state index in [4.69, 9.17) is 5.73 Å². The predicted octanol–water partition coefficient (Wildman–Crippen LogP) is 4.31. The van der Waals surface area contributed by atoms with Crippen molar-refractivity contribution in [1.82, 2.24) is 0 Å². The molecule has 1 saturated carbocycles. The lowest BCUT2D eigenvalue weighted by Crippen LogP contribution is -2.54. The first-order valence-corrected chi connectivity index (χ1v) is 8.80. The molecule has 4 heteroatoms. The standard InChI is InChI=1S/C17H24BrN3/c1-2-5-13-8-10-17(11-9-13)12-20-16(19)21(17)15-7-4-3-6-14(15)18/h3-4,6-7,13H,2,5,8-12H2,1H3,(H2,19,20). The van der Waals surface area contributed by atoms with E-state index >= 15 is 0 Å². The third-order valence-electron chi connectivity index (χ3n) is 5.06. The number of benzene rings is 1. The third kappa shape index (κ3) is 2.70. The van der Waals surface area contributed by atoms with Gasteiger partial charge in [0.15, 0.2) is 5.96 Å². The zero-order valence-corrected chi connectivity index (χ0v) is 14.3. The summed E-state index contributed by atoms with van der Waals surface area (Å²) >= 11 is 3.67. The lowest BCUT2D eigenvalue weighted by molar-refractivity contribution is 0.238. The van der Waals surface area contributed by atoms with E-state index in [1.54, 1.807) is 0 Å². The number of hydrogen-bond donors (Lipinski definition) is 1. The van der Waals surface area contributed by atoms with Crippen molar-refractivity contribution in [2.45, 2.75) is 51.0 Å². The van der Waals surface area contributed by atoms with Crippen LogP contribution in [-0.2, 0) is 0 Å². The lowest BCUT2D eigenvalue weighted by atomic mass is 9.74. The number of nitrogens with two attached hydrogens (primary N) is 1. The lowest BCUT2D eigenvalue weighted by Gasteiger charge is -2.44. The number of anilines is 1. The molecule has 0 unspecified atom stereocenters. The van der Waals surface area contributed by atoms with Crippen molar-refractivity contribution in [3.8, 4) is 0 Å². The van der Waals surface area contributed by atoms with Crippen LogP contribution < -0.4 is 10.6 Å². The molecule has 3 nitrogen and oxygen atoms in total. The molecule has 1 aliphatic heterocycles. The van der Waals surface area contributed by atoms with E-state index in [2.05, 4.69) is 50.9 Å². The molecule has 0 radical (unpaired) electrons. The maximum atomic E-state index is 6.23. The van der Waals surface area contributed by atoms with Crippen molar-refractivity contribution >= 4 is 27.6 Å². The van der Waals surface area contributed by atoms with Crippen molar-refractivity contribution < 1.29 is 0 Å². The summed E-state index contributed by atoms with van der Waals surface area (Å²) in [4.78, 5) is 6.87. The summed E-state index contributed by atoms with van der Waals surface area (Å²) in [6, 6.07) is 8.33. The number of hydrogen-bond acceptors (Lipinski definition) is 3. The van der Waals surface area contributed by atoms with Gasteiger partial charge in [0, 0.05) is 4.47 Å². The summed E-state index contributed by atoms with van der Waals surface area (Å²) < 4.78 is 1.10. The number of nitrogens with zero attached hydrogens (tertiary/aromatic N) is 2. The zero-order valence-electron chi connectivity index (χ0n) is 12.7. The quantitative estimate of drug-likeness (QED) is 0.882. The van der Waals surface area contributed by atoms with Gasteiger partial charge in [0.1, 0.15) is 0 Å². The van der Waals surface area contributed by atoms with E-state index < -0.39 is 0 Å². The highest BCUT2D eigenvalue weighted by molar-refractivity contribution is 9.10. The minimum Gasteiger partial charge on any atom is -0.369 e. The maximum absolute atomic E-state index is 6.23. The van der Waals surface area contributed by atoms with E-state index in [1.807, 2.05) is 6.07 Å². The average molecular weight is 350 g/mol. The molecule has 1 fully saturated rings. The molecule has 114 valence electrons. The minimum absolute atomic E-state index is 0.109. The fourth-order valence-corrected chi connectivity index (χ4v) is 4.38. The summed E-state index contributed by atoms with van der Waals surface area (Å²) in [7, 11) is 0. The van der Waals surface area contributed by atoms with Crippen LogP contribution in [0.1, 0.15) is 45.4 Å². The molecule has 0 bridgehead atoms. The van der Waals surface area contributed by atoms with Crippen LogP contribution in [0.4, 0.5) is 5.69 Å². The number of aliphatic imine (C=N–C) groups is 1. The van der Waals surface area contributed by atoms with Crippen LogP contribution in [0.2, 0.25) is 0 Å². The Balaban J connectivity index is 1.85. The van der Waals surface area contributed by atoms with Crippen molar-refractivity contribution in [2.75, 3.05) is 11.4 Å². The third-order valence-corrected chi connectivity index (χ3v) is 5.74. The summed E-state index contributed by atoms with van der Waals surface area (Å²) in [6.07, 6.45) is 7.66. The van der Waals surface area contributed by atoms with Gasteiger partial charge in [-0.15, -0.1) is 0 Å². The van der Waals surface area contributed by atoms with Crippen LogP contribution in [-0.4, -0.2) is 18.0 Å². The molecule has 21 heavy (non-hydrogen) atoms. The first kappa shape index (κ1) is 14.9. The Labute approximate surface area is 135 Å². The predicted molar refractivity (Wildman–Crippen MR) is 92.7 cm³/mol. The SMILES string of the molecule is CCCC1CCC2(CC1)CN=C(N)N2c1ccccc1Br. The first-order chi connectivity index (χ1) is 10.2. The summed E-state index contributed by atoms with van der Waals surface area (Å²) in [5, 5.41) is 0. The molecule has 1 aliphatic carbocycles. The second-order valence-corrected chi connectivity index (χ2v) is 7.27. The molecule has 2 aliphatic rings. The van der Waals surface area contributed by atoms with Crippen molar-refractivity contribution in [3.63, 3.8) is 0 Å². The number of halogens is 1. The first-order valence-electron chi connectivity index (χ1n) is 8.01. The van der Waals surface area contributed by atoms with Gasteiger partial charge in [-0.25, -0.2) is 0 Å². The van der Waals surface area contributed by atoms with Crippen LogP contribution in [0.15, 0.2) is 33.7 Å². The van der Waals surface area contributed by atoms with Crippen molar-refractivity contribution in [2.24, 2.45) is 16.6 Å². The van der Waals surface area contributed by atoms with Gasteiger partial charge in [0.05, 0.1) is 17.8 Å². The minimum atomic E-state index is 0.109. The second-order valence-electron chi connectivity index (χ2n) is 6.42. The van der Waals surface area contributed by atoms with Crippen LogP contribution >= 0.6 is 15.9 Å². The Morgan fingerprint density at radius 1 is 1.33 bits per heavy atom. The van der Waals surface area contributed by atoms with Gasteiger partial charge < -0.3 is 10.6 Å². The monoisotopic (exact) mass is 349 g/mol. The Bertz CT molecular complexity index is 533. The van der Waals surface area contributed by atoms with Gasteiger partial charge in [0.25, 0.3) is 0 Å². The van der Waals surface area contributed by atoms with Crippen molar-refractivity contribution in [1.29, 1.82) is 0 Å². The molecule has 0 aromatic heterocycles. The van der Waals surface area contributed by atoms with Gasteiger partial charge in [-0.3, -0.25) is 4.99 Å². The molecule has 3 rings (SSSR count). The molecule has 1 heterocycles. The van der Waals surface area contributed by atoms with Crippen LogP contribution in [0.5, 0.6) is 0 Å². The van der Waals surface area contributed by atoms with Gasteiger partial charge in [0.2, 0.25) is 0 Å². The Morgan fingerprint density at radius 2 is 2.05 bits per heavy atom. The molecule has 1 spiro atoms. The summed E-state index contributed by atoms with van der Waals surface area (Å²) in [5.74, 6) is 1.57. The number of guanidine groups is 1. The summed E-state index contributed by atoms with van der Waals surface area (Å²) in [5.41, 5.74) is 7.50. The Kier molecular flexibility index (Phi) is 4.25. The van der Waals surface area contributed by atoms with Crippen molar-refractivity contribution in [3.05, 3.63) is 28.7 Å². The van der Waals surface area contributed by atoms with E-state index in [1.165, 1.54) is 38.5 Å². The topological polar surface area (TPSA) is 41.6 Å². The number of para-hydroxylation sites is 1. The molecule has 1 aromatic carbocycles. The number of rotatable bonds is 3. The fourth-order valence-electron chi connectivity index (χ4n) is 3.92. The second kappa shape index (κ2) is 5.99. The van der Waals surface area contributed by atoms with E-state index in [-0.39, 0.29) is 5.54 Å². The molecule has 0 amide bonds. The highest BCUT2D eigenvalue weighted by Crippen LogP contribution is 2.44. The van der Waals surface area contributed by atoms with Gasteiger partial charge in [-0.2, -0.15) is 0 Å². The van der Waals surface area contributed by atoms with Crippen LogP contribution in [0.3, 0.4) is 0 Å². The molecule has 2 N–H and O–H groups in total. The van der Waals surface area contributed by atoms with E-state index in [9.17, 15) is 0 Å². The Morgan fingerprint density at radius 3 is 2.71 bits per heavy atom. The van der Waals surface area contributed by atoms with Gasteiger partial charge in [-0.05, 0) is 59.7 Å². The van der Waals surface area contributed by atoms with Gasteiger partial charge >= 0.3 is 0 Å². The largest absolute Gasteiger partial charge is 0.369 e. The fraction of sp³-hybridized carbons (Fsp3) is 0.588. The molecule has 0 saturated heterocycles. The Hall–Kier alpha value is -1.03. The molecule has 1 aromatic rings. The molecule has 0 atom stereocenters. The normalized spacial score (nSPS) is 29.0. The average Bonchev–Trinajstić information content (AvgIpc) is 2.80. The maximum Gasteiger partial charge on any atom is 0.196 e. The van der Waals surface area contributed by atoms with Gasteiger partial charge in [-0.1, -0.05) is 31.9 Å². The van der Waals surface area contributed by atoms with Crippen LogP contribution in [0.25, 0.3) is 0 Å². The smallest absolute Gasteiger partial charge is 0.196 e. The van der Waals surface area contributed by atoms with E-state index in [0.29, 0.717) is 5.96 Å². The van der Waals surface area contributed by atoms with E-state index in [0.717, 1.165) is 22.6 Å². The zero-order chi connectivity index (χ0) is 14.9. The molecular formula is C17H24BrN3. The highest BCUT2D eigenvalue weighted by Gasteiger charge is 2.45. The van der Waals surface area contributed by atoms with Crippen LogP contribution in [0, 0.1) is 5.92 Å².